The van der Waals surface area contributed by atoms with Crippen LogP contribution in [0.5, 0.6) is 0 Å². The van der Waals surface area contributed by atoms with E-state index in [9.17, 15) is 4.79 Å². The lowest BCUT2D eigenvalue weighted by Crippen LogP contribution is -2.12. The third-order valence-electron chi connectivity index (χ3n) is 1.96. The fraction of sp³-hybridized carbons (Fsp3) is 0.250. The maximum absolute atomic E-state index is 11.7. The van der Waals surface area contributed by atoms with Crippen molar-refractivity contribution in [1.29, 1.82) is 0 Å². The highest BCUT2D eigenvalue weighted by atomic mass is 35.5. The molecule has 0 spiro atoms. The second-order valence-electron chi connectivity index (χ2n) is 3.12. The molecule has 16 heavy (non-hydrogen) atoms. The van der Waals surface area contributed by atoms with Gasteiger partial charge in [0.2, 0.25) is 9.47 Å². The molecular weight excluding hydrogens is 250 g/mol. The van der Waals surface area contributed by atoms with Crippen molar-refractivity contribution in [3.05, 3.63) is 20.9 Å². The van der Waals surface area contributed by atoms with E-state index in [1.807, 2.05) is 6.92 Å². The molecule has 0 unspecified atom stereocenters. The fourth-order valence-electron chi connectivity index (χ4n) is 1.20. The van der Waals surface area contributed by atoms with Crippen molar-refractivity contribution in [2.24, 2.45) is 0 Å². The molecule has 8 heteroatoms. The normalized spacial score (nSPS) is 10.4. The summed E-state index contributed by atoms with van der Waals surface area (Å²) in [6.45, 7) is 3.62. The lowest BCUT2D eigenvalue weighted by atomic mass is 10.3. The van der Waals surface area contributed by atoms with Gasteiger partial charge in [-0.3, -0.25) is 9.89 Å². The maximum Gasteiger partial charge on any atom is 0.286 e. The van der Waals surface area contributed by atoms with Crippen molar-refractivity contribution in [3.8, 4) is 0 Å². The zero-order valence-corrected chi connectivity index (χ0v) is 10.1. The van der Waals surface area contributed by atoms with Crippen molar-refractivity contribution in [3.63, 3.8) is 0 Å². The van der Waals surface area contributed by atoms with Gasteiger partial charge in [0.15, 0.2) is 0 Å². The van der Waals surface area contributed by atoms with E-state index in [1.165, 1.54) is 0 Å². The van der Waals surface area contributed by atoms with Gasteiger partial charge in [-0.15, -0.1) is 10.2 Å². The Kier molecular flexibility index (Phi) is 2.88. The van der Waals surface area contributed by atoms with Crippen LogP contribution in [-0.2, 0) is 0 Å². The third-order valence-corrected chi connectivity index (χ3v) is 2.98. The van der Waals surface area contributed by atoms with Gasteiger partial charge >= 0.3 is 0 Å². The summed E-state index contributed by atoms with van der Waals surface area (Å²) in [5.74, 6) is -0.336. The quantitative estimate of drug-likeness (QED) is 0.859. The fourth-order valence-corrected chi connectivity index (χ4v) is 1.92. The number of anilines is 1. The molecule has 0 saturated heterocycles. The molecule has 0 saturated carbocycles. The van der Waals surface area contributed by atoms with Gasteiger partial charge in [0.25, 0.3) is 5.91 Å². The Labute approximate surface area is 100 Å². The van der Waals surface area contributed by atoms with Crippen molar-refractivity contribution < 1.29 is 4.79 Å². The second-order valence-corrected chi connectivity index (χ2v) is 4.68. The van der Waals surface area contributed by atoms with Crippen LogP contribution in [0.3, 0.4) is 0 Å². The van der Waals surface area contributed by atoms with E-state index in [4.69, 9.17) is 11.6 Å². The number of aromatic nitrogens is 4. The van der Waals surface area contributed by atoms with E-state index in [0.29, 0.717) is 5.69 Å². The first-order valence-corrected chi connectivity index (χ1v) is 5.59. The highest BCUT2D eigenvalue weighted by Crippen LogP contribution is 2.19. The Hall–Kier alpha value is -1.47. The molecular formula is C8H8ClN5OS. The van der Waals surface area contributed by atoms with Crippen molar-refractivity contribution >= 4 is 34.5 Å². The Morgan fingerprint density at radius 1 is 1.44 bits per heavy atom. The van der Waals surface area contributed by atoms with Gasteiger partial charge < -0.3 is 5.32 Å². The molecule has 0 aliphatic heterocycles. The van der Waals surface area contributed by atoms with Gasteiger partial charge in [0.05, 0.1) is 17.1 Å². The van der Waals surface area contributed by atoms with E-state index in [1.54, 1.807) is 6.92 Å². The number of amides is 1. The Balaban J connectivity index is 2.20. The standard InChI is InChI=1S/C8H8ClN5OS/c1-3-5(4(2)12-11-3)10-6(15)7-13-14-8(9)16-7/h1-2H3,(H,10,15)(H,11,12). The minimum absolute atomic E-state index is 0.227. The summed E-state index contributed by atoms with van der Waals surface area (Å²) in [5, 5.41) is 16.9. The van der Waals surface area contributed by atoms with Gasteiger partial charge in [-0.1, -0.05) is 11.3 Å². The average molecular weight is 258 g/mol. The molecule has 84 valence electrons. The molecule has 0 aliphatic carbocycles. The first-order valence-electron chi connectivity index (χ1n) is 4.40. The number of aromatic amines is 1. The number of H-pyrrole nitrogens is 1. The van der Waals surface area contributed by atoms with Gasteiger partial charge in [-0.2, -0.15) is 5.10 Å². The molecule has 1 amide bonds. The summed E-state index contributed by atoms with van der Waals surface area (Å²) >= 11 is 6.63. The van der Waals surface area contributed by atoms with Crippen LogP contribution < -0.4 is 5.32 Å². The Bertz CT molecular complexity index is 515. The number of hydrogen-bond acceptors (Lipinski definition) is 5. The van der Waals surface area contributed by atoms with Crippen LogP contribution in [0.25, 0.3) is 0 Å². The summed E-state index contributed by atoms with van der Waals surface area (Å²) in [7, 11) is 0. The summed E-state index contributed by atoms with van der Waals surface area (Å²) < 4.78 is 0.241. The largest absolute Gasteiger partial charge is 0.317 e. The minimum atomic E-state index is -0.336. The number of carbonyl (C=O) groups excluding carboxylic acids is 1. The summed E-state index contributed by atoms with van der Waals surface area (Å²) in [6, 6.07) is 0. The topological polar surface area (TPSA) is 83.6 Å². The van der Waals surface area contributed by atoms with E-state index < -0.39 is 0 Å². The third kappa shape index (κ3) is 2.05. The van der Waals surface area contributed by atoms with Crippen LogP contribution in [0.2, 0.25) is 4.47 Å². The highest BCUT2D eigenvalue weighted by molar-refractivity contribution is 7.17. The molecule has 2 heterocycles. The average Bonchev–Trinajstić information content (AvgIpc) is 2.79. The number of nitrogens with zero attached hydrogens (tertiary/aromatic N) is 3. The monoisotopic (exact) mass is 257 g/mol. The Morgan fingerprint density at radius 3 is 2.69 bits per heavy atom. The van der Waals surface area contributed by atoms with Gasteiger partial charge in [-0.05, 0) is 25.4 Å². The molecule has 0 bridgehead atoms. The first-order chi connectivity index (χ1) is 7.58. The second kappa shape index (κ2) is 4.18. The summed E-state index contributed by atoms with van der Waals surface area (Å²) in [4.78, 5) is 11.7. The highest BCUT2D eigenvalue weighted by Gasteiger charge is 2.15. The van der Waals surface area contributed by atoms with E-state index in [0.717, 1.165) is 22.7 Å². The van der Waals surface area contributed by atoms with E-state index in [-0.39, 0.29) is 15.4 Å². The molecule has 0 aliphatic rings. The number of rotatable bonds is 2. The van der Waals surface area contributed by atoms with Gasteiger partial charge in [0.1, 0.15) is 0 Å². The lowest BCUT2D eigenvalue weighted by Gasteiger charge is -2.01. The SMILES string of the molecule is Cc1n[nH]c(C)c1NC(=O)c1nnc(Cl)s1. The number of nitrogens with one attached hydrogen (secondary N) is 2. The van der Waals surface area contributed by atoms with Crippen LogP contribution in [-0.4, -0.2) is 26.3 Å². The lowest BCUT2D eigenvalue weighted by molar-refractivity contribution is 0.102. The molecule has 0 atom stereocenters. The number of hydrogen-bond donors (Lipinski definition) is 2. The van der Waals surface area contributed by atoms with Crippen molar-refractivity contribution in [2.45, 2.75) is 13.8 Å². The molecule has 2 aromatic rings. The summed E-state index contributed by atoms with van der Waals surface area (Å²) in [5.41, 5.74) is 2.18. The van der Waals surface area contributed by atoms with E-state index in [2.05, 4.69) is 25.7 Å². The van der Waals surface area contributed by atoms with Crippen molar-refractivity contribution in [1.82, 2.24) is 20.4 Å². The van der Waals surface area contributed by atoms with Gasteiger partial charge in [0, 0.05) is 0 Å². The zero-order valence-electron chi connectivity index (χ0n) is 8.54. The van der Waals surface area contributed by atoms with Crippen LogP contribution in [0.4, 0.5) is 5.69 Å². The van der Waals surface area contributed by atoms with Crippen molar-refractivity contribution in [2.75, 3.05) is 5.32 Å². The Morgan fingerprint density at radius 2 is 2.19 bits per heavy atom. The molecule has 0 aromatic carbocycles. The van der Waals surface area contributed by atoms with Gasteiger partial charge in [-0.25, -0.2) is 0 Å². The van der Waals surface area contributed by atoms with Crippen LogP contribution >= 0.6 is 22.9 Å². The molecule has 2 aromatic heterocycles. The smallest absolute Gasteiger partial charge is 0.286 e. The number of halogens is 1. The predicted molar refractivity (Wildman–Crippen MR) is 60.9 cm³/mol. The first kappa shape index (κ1) is 11.0. The molecule has 0 fully saturated rings. The molecule has 0 radical (unpaired) electrons. The molecule has 2 rings (SSSR count). The molecule has 6 nitrogen and oxygen atoms in total. The van der Waals surface area contributed by atoms with Crippen LogP contribution in [0, 0.1) is 13.8 Å². The number of aryl methyl sites for hydroxylation is 2. The van der Waals surface area contributed by atoms with Crippen LogP contribution in [0.15, 0.2) is 0 Å². The van der Waals surface area contributed by atoms with Crippen LogP contribution in [0.1, 0.15) is 21.2 Å². The predicted octanol–water partition coefficient (Wildman–Crippen LogP) is 1.78. The summed E-state index contributed by atoms with van der Waals surface area (Å²) in [6.07, 6.45) is 0. The maximum atomic E-state index is 11.7. The molecule has 2 N–H and O–H groups in total. The minimum Gasteiger partial charge on any atom is -0.317 e. The number of carbonyl (C=O) groups is 1. The zero-order chi connectivity index (χ0) is 11.7. The van der Waals surface area contributed by atoms with E-state index >= 15 is 0 Å².